The Bertz CT molecular complexity index is 723. The Kier molecular flexibility index (Phi) is 3.87. The standard InChI is InChI=1S/C17H17N3O2/c1-11(21)12-3-2-4-15(7-12)19-16-8-13(9-18-10-16)17(22)20-14-5-6-14/h2-4,7-10,14,19H,5-6H2,1H3,(H,20,22). The first-order valence-electron chi connectivity index (χ1n) is 7.26. The predicted octanol–water partition coefficient (Wildman–Crippen LogP) is 2.92. The second-order valence-corrected chi connectivity index (χ2v) is 5.47. The monoisotopic (exact) mass is 295 g/mol. The third kappa shape index (κ3) is 3.49. The van der Waals surface area contributed by atoms with Gasteiger partial charge in [0.1, 0.15) is 0 Å². The number of rotatable bonds is 5. The second kappa shape index (κ2) is 5.97. The molecular weight excluding hydrogens is 278 g/mol. The molecule has 1 aliphatic rings. The molecule has 1 aromatic heterocycles. The summed E-state index contributed by atoms with van der Waals surface area (Å²) in [6.45, 7) is 1.53. The van der Waals surface area contributed by atoms with E-state index in [2.05, 4.69) is 15.6 Å². The van der Waals surface area contributed by atoms with Gasteiger partial charge in [-0.05, 0) is 38.0 Å². The number of hydrogen-bond acceptors (Lipinski definition) is 4. The van der Waals surface area contributed by atoms with Gasteiger partial charge in [0.05, 0.1) is 17.4 Å². The topological polar surface area (TPSA) is 71.1 Å². The lowest BCUT2D eigenvalue weighted by molar-refractivity contribution is 0.0949. The van der Waals surface area contributed by atoms with E-state index in [1.807, 2.05) is 12.1 Å². The molecule has 1 heterocycles. The van der Waals surface area contributed by atoms with Gasteiger partial charge in [-0.15, -0.1) is 0 Å². The summed E-state index contributed by atoms with van der Waals surface area (Å²) < 4.78 is 0. The van der Waals surface area contributed by atoms with E-state index >= 15 is 0 Å². The third-order valence-corrected chi connectivity index (χ3v) is 3.47. The highest BCUT2D eigenvalue weighted by Gasteiger charge is 2.23. The minimum absolute atomic E-state index is 0.0133. The molecule has 1 saturated carbocycles. The normalized spacial score (nSPS) is 13.5. The first kappa shape index (κ1) is 14.3. The van der Waals surface area contributed by atoms with Crippen molar-refractivity contribution >= 4 is 23.1 Å². The van der Waals surface area contributed by atoms with E-state index in [9.17, 15) is 9.59 Å². The average molecular weight is 295 g/mol. The quantitative estimate of drug-likeness (QED) is 0.832. The Balaban J connectivity index is 1.76. The lowest BCUT2D eigenvalue weighted by Crippen LogP contribution is -2.25. The van der Waals surface area contributed by atoms with Crippen molar-refractivity contribution < 1.29 is 9.59 Å². The van der Waals surface area contributed by atoms with Crippen LogP contribution in [0.25, 0.3) is 0 Å². The molecule has 5 nitrogen and oxygen atoms in total. The molecule has 0 aliphatic heterocycles. The number of carbonyl (C=O) groups is 2. The molecule has 2 N–H and O–H groups in total. The molecule has 1 aromatic carbocycles. The van der Waals surface area contributed by atoms with Crippen molar-refractivity contribution in [3.05, 3.63) is 53.9 Å². The fourth-order valence-electron chi connectivity index (χ4n) is 2.11. The molecule has 5 heteroatoms. The Hall–Kier alpha value is -2.69. The average Bonchev–Trinajstić information content (AvgIpc) is 3.32. The summed E-state index contributed by atoms with van der Waals surface area (Å²) in [6, 6.07) is 9.30. The Morgan fingerprint density at radius 3 is 2.59 bits per heavy atom. The van der Waals surface area contributed by atoms with Crippen LogP contribution in [0.4, 0.5) is 11.4 Å². The summed E-state index contributed by atoms with van der Waals surface area (Å²) in [4.78, 5) is 27.5. The van der Waals surface area contributed by atoms with Gasteiger partial charge >= 0.3 is 0 Å². The first-order chi connectivity index (χ1) is 10.6. The first-order valence-corrected chi connectivity index (χ1v) is 7.26. The number of anilines is 2. The number of benzene rings is 1. The molecule has 0 unspecified atom stereocenters. The highest BCUT2D eigenvalue weighted by atomic mass is 16.1. The number of aromatic nitrogens is 1. The van der Waals surface area contributed by atoms with Gasteiger partial charge in [-0.25, -0.2) is 0 Å². The summed E-state index contributed by atoms with van der Waals surface area (Å²) >= 11 is 0. The number of hydrogen-bond donors (Lipinski definition) is 2. The number of pyridine rings is 1. The highest BCUT2D eigenvalue weighted by Crippen LogP contribution is 2.21. The third-order valence-electron chi connectivity index (χ3n) is 3.47. The fraction of sp³-hybridized carbons (Fsp3) is 0.235. The molecule has 1 aliphatic carbocycles. The van der Waals surface area contributed by atoms with Crippen LogP contribution in [-0.2, 0) is 0 Å². The molecule has 1 fully saturated rings. The van der Waals surface area contributed by atoms with Crippen molar-refractivity contribution in [2.24, 2.45) is 0 Å². The summed E-state index contributed by atoms with van der Waals surface area (Å²) in [5.74, 6) is -0.0875. The number of nitrogens with zero attached hydrogens (tertiary/aromatic N) is 1. The van der Waals surface area contributed by atoms with Crippen molar-refractivity contribution in [1.29, 1.82) is 0 Å². The van der Waals surface area contributed by atoms with Crippen LogP contribution >= 0.6 is 0 Å². The number of carbonyl (C=O) groups excluding carboxylic acids is 2. The van der Waals surface area contributed by atoms with E-state index in [1.54, 1.807) is 30.6 Å². The van der Waals surface area contributed by atoms with Crippen LogP contribution in [0, 0.1) is 0 Å². The zero-order chi connectivity index (χ0) is 15.5. The minimum Gasteiger partial charge on any atom is -0.354 e. The van der Waals surface area contributed by atoms with Gasteiger partial charge in [-0.3, -0.25) is 14.6 Å². The number of ketones is 1. The van der Waals surface area contributed by atoms with Crippen molar-refractivity contribution in [1.82, 2.24) is 10.3 Å². The molecule has 0 bridgehead atoms. The Morgan fingerprint density at radius 1 is 1.09 bits per heavy atom. The van der Waals surface area contributed by atoms with Gasteiger partial charge in [0.2, 0.25) is 0 Å². The number of Topliss-reactive ketones (excluding diaryl/α,β-unsaturated/α-hetero) is 1. The van der Waals surface area contributed by atoms with E-state index < -0.39 is 0 Å². The lowest BCUT2D eigenvalue weighted by Gasteiger charge is -2.09. The zero-order valence-electron chi connectivity index (χ0n) is 12.3. The van der Waals surface area contributed by atoms with Crippen LogP contribution < -0.4 is 10.6 Å². The lowest BCUT2D eigenvalue weighted by atomic mass is 10.1. The zero-order valence-corrected chi connectivity index (χ0v) is 12.3. The molecule has 0 saturated heterocycles. The van der Waals surface area contributed by atoms with Gasteiger partial charge < -0.3 is 10.6 Å². The van der Waals surface area contributed by atoms with Crippen molar-refractivity contribution in [3.8, 4) is 0 Å². The number of nitrogens with one attached hydrogen (secondary N) is 2. The summed E-state index contributed by atoms with van der Waals surface area (Å²) in [5.41, 5.74) is 2.67. The van der Waals surface area contributed by atoms with Crippen LogP contribution in [0.15, 0.2) is 42.7 Å². The minimum atomic E-state index is -0.101. The van der Waals surface area contributed by atoms with Crippen molar-refractivity contribution in [2.75, 3.05) is 5.32 Å². The second-order valence-electron chi connectivity index (χ2n) is 5.47. The maximum atomic E-state index is 12.0. The molecule has 112 valence electrons. The SMILES string of the molecule is CC(=O)c1cccc(Nc2cncc(C(=O)NC3CC3)c2)c1. The van der Waals surface area contributed by atoms with Crippen LogP contribution in [0.5, 0.6) is 0 Å². The van der Waals surface area contributed by atoms with Crippen molar-refractivity contribution in [3.63, 3.8) is 0 Å². The molecule has 3 rings (SSSR count). The van der Waals surface area contributed by atoms with Gasteiger partial charge in [-0.1, -0.05) is 12.1 Å². The van der Waals surface area contributed by atoms with Crippen LogP contribution in [-0.4, -0.2) is 22.7 Å². The van der Waals surface area contributed by atoms with Gasteiger partial charge in [0.25, 0.3) is 5.91 Å². The smallest absolute Gasteiger partial charge is 0.253 e. The fourth-order valence-corrected chi connectivity index (χ4v) is 2.11. The van der Waals surface area contributed by atoms with Gasteiger partial charge in [0.15, 0.2) is 5.78 Å². The Labute approximate surface area is 128 Å². The molecule has 2 aromatic rings. The summed E-state index contributed by atoms with van der Waals surface area (Å²) in [7, 11) is 0. The van der Waals surface area contributed by atoms with E-state index in [0.29, 0.717) is 22.9 Å². The maximum absolute atomic E-state index is 12.0. The number of amides is 1. The van der Waals surface area contributed by atoms with Crippen LogP contribution in [0.3, 0.4) is 0 Å². The highest BCUT2D eigenvalue weighted by molar-refractivity contribution is 5.96. The molecule has 0 spiro atoms. The van der Waals surface area contributed by atoms with Crippen LogP contribution in [0.2, 0.25) is 0 Å². The summed E-state index contributed by atoms with van der Waals surface area (Å²) in [5, 5.41) is 6.10. The molecule has 0 radical (unpaired) electrons. The van der Waals surface area contributed by atoms with Crippen LogP contribution in [0.1, 0.15) is 40.5 Å². The van der Waals surface area contributed by atoms with Gasteiger partial charge in [0, 0.05) is 23.5 Å². The van der Waals surface area contributed by atoms with Crippen molar-refractivity contribution in [2.45, 2.75) is 25.8 Å². The molecule has 1 amide bonds. The largest absolute Gasteiger partial charge is 0.354 e. The summed E-state index contributed by atoms with van der Waals surface area (Å²) in [6.07, 6.45) is 5.30. The van der Waals surface area contributed by atoms with E-state index in [1.165, 1.54) is 6.92 Å². The molecule has 22 heavy (non-hydrogen) atoms. The Morgan fingerprint density at radius 2 is 1.86 bits per heavy atom. The molecular formula is C17H17N3O2. The van der Waals surface area contributed by atoms with E-state index in [4.69, 9.17) is 0 Å². The predicted molar refractivity (Wildman–Crippen MR) is 84.5 cm³/mol. The van der Waals surface area contributed by atoms with E-state index in [0.717, 1.165) is 18.5 Å². The maximum Gasteiger partial charge on any atom is 0.253 e. The molecule has 0 atom stereocenters. The van der Waals surface area contributed by atoms with Gasteiger partial charge in [-0.2, -0.15) is 0 Å². The van der Waals surface area contributed by atoms with E-state index in [-0.39, 0.29) is 11.7 Å².